The summed E-state index contributed by atoms with van der Waals surface area (Å²) in [5.74, 6) is 0.0741. The molecule has 0 unspecified atom stereocenters. The van der Waals surface area contributed by atoms with Crippen molar-refractivity contribution in [1.82, 2.24) is 10.9 Å². The number of carbonyl (C=O) groups is 1. The van der Waals surface area contributed by atoms with Gasteiger partial charge in [0.15, 0.2) is 0 Å². The fraction of sp³-hybridized carbons (Fsp3) is 0.500. The maximum Gasteiger partial charge on any atom is 0.249 e. The Morgan fingerprint density at radius 3 is 2.20 bits per heavy atom. The molecule has 0 bridgehead atoms. The lowest BCUT2D eigenvalue weighted by molar-refractivity contribution is -0.126. The van der Waals surface area contributed by atoms with Crippen LogP contribution in [0.2, 0.25) is 0 Å². The third-order valence-corrected chi connectivity index (χ3v) is 0.477. The van der Waals surface area contributed by atoms with Crippen molar-refractivity contribution < 1.29 is 4.79 Å². The molecule has 5 heavy (non-hydrogen) atoms. The molecule has 2 N–H and O–H groups in total. The minimum Gasteiger partial charge on any atom is -0.290 e. The molecule has 0 aromatic carbocycles. The zero-order valence-corrected chi connectivity index (χ0v) is 2.62. The van der Waals surface area contributed by atoms with E-state index < -0.39 is 0 Å². The molecular weight excluding hydrogens is 68.0 g/mol. The number of amides is 1. The lowest BCUT2D eigenvalue weighted by Crippen LogP contribution is -2.55. The van der Waals surface area contributed by atoms with Crippen molar-refractivity contribution in [3.63, 3.8) is 0 Å². The number of rotatable bonds is 0. The Hall–Kier alpha value is -0.570. The summed E-state index contributed by atoms with van der Waals surface area (Å²) in [7, 11) is 0. The lowest BCUT2D eigenvalue weighted by atomic mass is 10.6. The summed E-state index contributed by atoms with van der Waals surface area (Å²) in [6.45, 7) is 0.486. The second kappa shape index (κ2) is 0.687. The Bertz CT molecular complexity index is 54.7. The van der Waals surface area contributed by atoms with Gasteiger partial charge in [-0.1, -0.05) is 0 Å². The van der Waals surface area contributed by atoms with Crippen LogP contribution in [0.5, 0.6) is 0 Å². The zero-order chi connectivity index (χ0) is 3.70. The SMILES string of the molecule is O=C1CNN1. The van der Waals surface area contributed by atoms with Crippen molar-refractivity contribution in [3.8, 4) is 0 Å². The van der Waals surface area contributed by atoms with Gasteiger partial charge in [0.1, 0.15) is 0 Å². The number of nitrogens with one attached hydrogen (secondary N) is 2. The van der Waals surface area contributed by atoms with E-state index in [-0.39, 0.29) is 5.91 Å². The van der Waals surface area contributed by atoms with E-state index in [2.05, 4.69) is 10.9 Å². The van der Waals surface area contributed by atoms with Crippen LogP contribution in [0, 0.1) is 0 Å². The number of hydrogen-bond acceptors (Lipinski definition) is 2. The van der Waals surface area contributed by atoms with Gasteiger partial charge >= 0.3 is 0 Å². The zero-order valence-electron chi connectivity index (χ0n) is 2.62. The maximum atomic E-state index is 9.73. The van der Waals surface area contributed by atoms with Crippen LogP contribution in [-0.4, -0.2) is 12.5 Å². The molecular formula is C2H4N2O. The molecule has 0 aliphatic carbocycles. The summed E-state index contributed by atoms with van der Waals surface area (Å²) < 4.78 is 0. The molecule has 0 aromatic heterocycles. The molecule has 0 saturated carbocycles. The standard InChI is InChI=1S/C2H4N2O/c5-2-1-3-4-2/h3H,1H2,(H,4,5). The Balaban J connectivity index is 2.32. The van der Waals surface area contributed by atoms with Crippen LogP contribution in [0.25, 0.3) is 0 Å². The largest absolute Gasteiger partial charge is 0.290 e. The molecule has 1 aliphatic rings. The van der Waals surface area contributed by atoms with Crippen molar-refractivity contribution in [3.05, 3.63) is 0 Å². The first-order valence-corrected chi connectivity index (χ1v) is 1.41. The average molecular weight is 72.1 g/mol. The van der Waals surface area contributed by atoms with Crippen molar-refractivity contribution in [1.29, 1.82) is 0 Å². The Kier molecular flexibility index (Phi) is 0.365. The summed E-state index contributed by atoms with van der Waals surface area (Å²) in [4.78, 5) is 9.73. The third kappa shape index (κ3) is 0.238. The van der Waals surface area contributed by atoms with Gasteiger partial charge in [0.25, 0.3) is 0 Å². The molecule has 1 fully saturated rings. The summed E-state index contributed by atoms with van der Waals surface area (Å²) in [5.41, 5.74) is 4.88. The number of hydrogen-bond donors (Lipinski definition) is 2. The highest BCUT2D eigenvalue weighted by Crippen LogP contribution is 1.64. The van der Waals surface area contributed by atoms with Crippen LogP contribution in [0.4, 0.5) is 0 Å². The molecule has 1 aliphatic heterocycles. The second-order valence-corrected chi connectivity index (χ2v) is 0.902. The highest BCUT2D eigenvalue weighted by molar-refractivity contribution is 5.81. The first-order chi connectivity index (χ1) is 2.39. The van der Waals surface area contributed by atoms with Gasteiger partial charge in [-0.15, -0.1) is 0 Å². The van der Waals surface area contributed by atoms with E-state index in [1.54, 1.807) is 0 Å². The summed E-state index contributed by atoms with van der Waals surface area (Å²) >= 11 is 0. The van der Waals surface area contributed by atoms with Gasteiger partial charge in [-0.25, -0.2) is 5.43 Å². The van der Waals surface area contributed by atoms with Crippen molar-refractivity contribution in [2.45, 2.75) is 0 Å². The number of hydrazine groups is 1. The fourth-order valence-electron chi connectivity index (χ4n) is 0.161. The van der Waals surface area contributed by atoms with Gasteiger partial charge in [0.05, 0.1) is 6.54 Å². The topological polar surface area (TPSA) is 41.1 Å². The Morgan fingerprint density at radius 2 is 2.20 bits per heavy atom. The molecule has 1 amide bonds. The molecule has 1 saturated heterocycles. The van der Waals surface area contributed by atoms with Crippen LogP contribution in [0.1, 0.15) is 0 Å². The smallest absolute Gasteiger partial charge is 0.249 e. The van der Waals surface area contributed by atoms with Crippen LogP contribution in [0.3, 0.4) is 0 Å². The Labute approximate surface area is 29.3 Å². The minimum absolute atomic E-state index is 0.0741. The molecule has 1 rings (SSSR count). The van der Waals surface area contributed by atoms with Crippen LogP contribution < -0.4 is 10.9 Å². The third-order valence-electron chi connectivity index (χ3n) is 0.477. The average Bonchev–Trinajstić information content (AvgIpc) is 1.30. The van der Waals surface area contributed by atoms with E-state index in [0.717, 1.165) is 0 Å². The summed E-state index contributed by atoms with van der Waals surface area (Å²) in [6.07, 6.45) is 0. The maximum absolute atomic E-state index is 9.73. The van der Waals surface area contributed by atoms with Gasteiger partial charge in [0, 0.05) is 0 Å². The van der Waals surface area contributed by atoms with Gasteiger partial charge in [-0.3, -0.25) is 10.2 Å². The van der Waals surface area contributed by atoms with Crippen molar-refractivity contribution in [2.24, 2.45) is 0 Å². The minimum atomic E-state index is 0.0741. The van der Waals surface area contributed by atoms with E-state index in [9.17, 15) is 4.79 Å². The molecule has 1 heterocycles. The molecule has 0 aromatic rings. The highest BCUT2D eigenvalue weighted by Gasteiger charge is 2.06. The van der Waals surface area contributed by atoms with Gasteiger partial charge < -0.3 is 0 Å². The van der Waals surface area contributed by atoms with Gasteiger partial charge in [-0.2, -0.15) is 0 Å². The first kappa shape index (κ1) is 2.66. The van der Waals surface area contributed by atoms with E-state index in [4.69, 9.17) is 0 Å². The second-order valence-electron chi connectivity index (χ2n) is 0.902. The highest BCUT2D eigenvalue weighted by atomic mass is 16.2. The van der Waals surface area contributed by atoms with Crippen molar-refractivity contribution >= 4 is 5.91 Å². The molecule has 0 spiro atoms. The Morgan fingerprint density at radius 1 is 1.80 bits per heavy atom. The van der Waals surface area contributed by atoms with Crippen molar-refractivity contribution in [2.75, 3.05) is 6.54 Å². The van der Waals surface area contributed by atoms with Gasteiger partial charge in [0.2, 0.25) is 5.91 Å². The number of carbonyl (C=O) groups excluding carboxylic acids is 1. The fourth-order valence-corrected chi connectivity index (χ4v) is 0.161. The normalized spacial score (nSPS) is 20.4. The van der Waals surface area contributed by atoms with Gasteiger partial charge in [-0.05, 0) is 0 Å². The molecule has 3 heteroatoms. The van der Waals surface area contributed by atoms with E-state index in [1.165, 1.54) is 0 Å². The molecule has 3 nitrogen and oxygen atoms in total. The van der Waals surface area contributed by atoms with E-state index in [1.807, 2.05) is 0 Å². The first-order valence-electron chi connectivity index (χ1n) is 1.41. The molecule has 28 valence electrons. The lowest BCUT2D eigenvalue weighted by Gasteiger charge is -2.12. The predicted molar refractivity (Wildman–Crippen MR) is 16.1 cm³/mol. The molecule has 0 radical (unpaired) electrons. The quantitative estimate of drug-likeness (QED) is 0.370. The summed E-state index contributed by atoms with van der Waals surface area (Å²) in [5, 5.41) is 0. The van der Waals surface area contributed by atoms with E-state index >= 15 is 0 Å². The van der Waals surface area contributed by atoms with E-state index in [0.29, 0.717) is 6.54 Å². The van der Waals surface area contributed by atoms with Crippen LogP contribution >= 0.6 is 0 Å². The molecule has 0 atom stereocenters. The van der Waals surface area contributed by atoms with Crippen LogP contribution in [0.15, 0.2) is 0 Å². The predicted octanol–water partition coefficient (Wildman–Crippen LogP) is -1.38. The summed E-state index contributed by atoms with van der Waals surface area (Å²) in [6, 6.07) is 0. The monoisotopic (exact) mass is 72.0 g/mol. The van der Waals surface area contributed by atoms with Crippen LogP contribution in [-0.2, 0) is 4.79 Å².